The van der Waals surface area contributed by atoms with Crippen LogP contribution in [-0.2, 0) is 0 Å². The Labute approximate surface area is 296 Å². The number of hydrogen-bond donors (Lipinski definition) is 0. The Hall–Kier alpha value is -6.56. The molecule has 0 saturated heterocycles. The fraction of sp³-hybridized carbons (Fsp3) is 0. The van der Waals surface area contributed by atoms with Crippen LogP contribution >= 0.6 is 11.3 Å². The second kappa shape index (κ2) is 11.0. The largest absolute Gasteiger partial charge is 0.452 e. The van der Waals surface area contributed by atoms with Crippen molar-refractivity contribution in [3.63, 3.8) is 0 Å². The quantitative estimate of drug-likeness (QED) is 0.187. The standard InChI is InChI=1S/C46H27N3OS/c1-3-13-28(14-4-1)29-25-26-37-36(27-29)41-34(20-12-22-38(41)49(37)30-15-5-2-6-16-30)46-47-42-33-18-7-9-23-39(33)50-44(42)43(48-46)35-21-11-19-32-31-17-8-10-24-40(31)51-45(32)35/h1-27H. The van der Waals surface area contributed by atoms with E-state index < -0.39 is 0 Å². The summed E-state index contributed by atoms with van der Waals surface area (Å²) in [4.78, 5) is 10.8. The van der Waals surface area contributed by atoms with Crippen LogP contribution in [0.15, 0.2) is 168 Å². The van der Waals surface area contributed by atoms with E-state index in [1.807, 2.05) is 18.2 Å². The molecule has 11 rings (SSSR count). The van der Waals surface area contributed by atoms with E-state index in [1.165, 1.54) is 31.3 Å². The van der Waals surface area contributed by atoms with Gasteiger partial charge in [0.2, 0.25) is 0 Å². The number of benzene rings is 7. The lowest BCUT2D eigenvalue weighted by molar-refractivity contribution is 0.667. The third kappa shape index (κ3) is 4.25. The normalized spacial score (nSPS) is 11.9. The molecule has 0 fully saturated rings. The van der Waals surface area contributed by atoms with Gasteiger partial charge in [0.15, 0.2) is 11.4 Å². The molecule has 4 nitrogen and oxygen atoms in total. The minimum atomic E-state index is 0.671. The molecule has 0 spiro atoms. The second-order valence-corrected chi connectivity index (χ2v) is 14.0. The first-order valence-corrected chi connectivity index (χ1v) is 17.9. The minimum absolute atomic E-state index is 0.671. The molecule has 0 radical (unpaired) electrons. The van der Waals surface area contributed by atoms with Gasteiger partial charge in [-0.25, -0.2) is 9.97 Å². The molecule has 5 heteroatoms. The summed E-state index contributed by atoms with van der Waals surface area (Å²) in [6, 6.07) is 57.7. The molecule has 4 aromatic heterocycles. The van der Waals surface area contributed by atoms with E-state index in [9.17, 15) is 0 Å². The maximum atomic E-state index is 6.61. The topological polar surface area (TPSA) is 43.9 Å². The molecular formula is C46H27N3OS. The van der Waals surface area contributed by atoms with Crippen LogP contribution < -0.4 is 0 Å². The summed E-state index contributed by atoms with van der Waals surface area (Å²) in [7, 11) is 0. The highest BCUT2D eigenvalue weighted by atomic mass is 32.1. The fourth-order valence-corrected chi connectivity index (χ4v) is 8.97. The molecule has 0 aliphatic carbocycles. The van der Waals surface area contributed by atoms with E-state index in [4.69, 9.17) is 14.4 Å². The zero-order chi connectivity index (χ0) is 33.5. The second-order valence-electron chi connectivity index (χ2n) is 12.9. The van der Waals surface area contributed by atoms with Crippen molar-refractivity contribution in [3.8, 4) is 39.5 Å². The van der Waals surface area contributed by atoms with Crippen LogP contribution in [0.2, 0.25) is 0 Å². The number of rotatable bonds is 4. The Bertz CT molecular complexity index is 3140. The lowest BCUT2D eigenvalue weighted by Crippen LogP contribution is -1.95. The summed E-state index contributed by atoms with van der Waals surface area (Å²) in [5, 5.41) is 5.72. The van der Waals surface area contributed by atoms with Crippen LogP contribution in [0.5, 0.6) is 0 Å². The summed E-state index contributed by atoms with van der Waals surface area (Å²) in [6.07, 6.45) is 0. The summed E-state index contributed by atoms with van der Waals surface area (Å²) in [6.45, 7) is 0. The molecule has 0 amide bonds. The van der Waals surface area contributed by atoms with Crippen LogP contribution in [0.1, 0.15) is 0 Å². The smallest absolute Gasteiger partial charge is 0.180 e. The predicted molar refractivity (Wildman–Crippen MR) is 213 cm³/mol. The number of furan rings is 1. The maximum Gasteiger partial charge on any atom is 0.180 e. The number of hydrogen-bond acceptors (Lipinski definition) is 4. The molecule has 0 saturated carbocycles. The van der Waals surface area contributed by atoms with Gasteiger partial charge in [0.1, 0.15) is 16.8 Å². The summed E-state index contributed by atoms with van der Waals surface area (Å²) in [5.74, 6) is 0.671. The van der Waals surface area contributed by atoms with Gasteiger partial charge in [-0.15, -0.1) is 11.3 Å². The van der Waals surface area contributed by atoms with E-state index in [2.05, 4.69) is 150 Å². The van der Waals surface area contributed by atoms with Gasteiger partial charge in [-0.2, -0.15) is 0 Å². The zero-order valence-corrected chi connectivity index (χ0v) is 28.1. The molecule has 238 valence electrons. The summed E-state index contributed by atoms with van der Waals surface area (Å²) < 4.78 is 11.4. The molecular weight excluding hydrogens is 643 g/mol. The van der Waals surface area contributed by atoms with E-state index >= 15 is 0 Å². The highest BCUT2D eigenvalue weighted by molar-refractivity contribution is 7.26. The monoisotopic (exact) mass is 669 g/mol. The van der Waals surface area contributed by atoms with Crippen LogP contribution in [-0.4, -0.2) is 14.5 Å². The van der Waals surface area contributed by atoms with Crippen molar-refractivity contribution < 1.29 is 4.42 Å². The van der Waals surface area contributed by atoms with Gasteiger partial charge >= 0.3 is 0 Å². The van der Waals surface area contributed by atoms with Crippen LogP contribution in [0.25, 0.3) is 104 Å². The Balaban J connectivity index is 1.26. The van der Waals surface area contributed by atoms with Crippen LogP contribution in [0.3, 0.4) is 0 Å². The van der Waals surface area contributed by atoms with Crippen molar-refractivity contribution in [1.82, 2.24) is 14.5 Å². The van der Waals surface area contributed by atoms with Crippen molar-refractivity contribution in [1.29, 1.82) is 0 Å². The van der Waals surface area contributed by atoms with Gasteiger partial charge in [-0.3, -0.25) is 0 Å². The van der Waals surface area contributed by atoms with Gasteiger partial charge in [0.25, 0.3) is 0 Å². The van der Waals surface area contributed by atoms with Gasteiger partial charge < -0.3 is 8.98 Å². The van der Waals surface area contributed by atoms with Gasteiger partial charge in [-0.05, 0) is 59.7 Å². The molecule has 0 atom stereocenters. The number of nitrogens with zero attached hydrogens (tertiary/aromatic N) is 3. The number of fused-ring (bicyclic) bond motifs is 9. The SMILES string of the molecule is c1ccc(-c2ccc3c(c2)c2c(-c4nc(-c5cccc6c5sc5ccccc56)c5oc6ccccc6c5n4)cccc2n3-c2ccccc2)cc1. The molecule has 0 unspecified atom stereocenters. The van der Waals surface area contributed by atoms with E-state index in [-0.39, 0.29) is 0 Å². The first-order chi connectivity index (χ1) is 25.3. The van der Waals surface area contributed by atoms with E-state index in [0.29, 0.717) is 11.4 Å². The predicted octanol–water partition coefficient (Wildman–Crippen LogP) is 12.8. The molecule has 0 aliphatic heterocycles. The van der Waals surface area contributed by atoms with E-state index in [0.717, 1.165) is 60.8 Å². The highest BCUT2D eigenvalue weighted by Gasteiger charge is 2.23. The summed E-state index contributed by atoms with van der Waals surface area (Å²) in [5.41, 5.74) is 10.8. The average Bonchev–Trinajstić information content (AvgIpc) is 3.88. The van der Waals surface area contributed by atoms with Crippen molar-refractivity contribution >= 4 is 75.4 Å². The molecule has 51 heavy (non-hydrogen) atoms. The van der Waals surface area contributed by atoms with Gasteiger partial charge in [0, 0.05) is 53.1 Å². The fourth-order valence-electron chi connectivity index (χ4n) is 7.75. The Morgan fingerprint density at radius 2 is 1.24 bits per heavy atom. The van der Waals surface area contributed by atoms with Crippen LogP contribution in [0, 0.1) is 0 Å². The number of para-hydroxylation sites is 2. The highest BCUT2D eigenvalue weighted by Crippen LogP contribution is 2.45. The third-order valence-electron chi connectivity index (χ3n) is 10.0. The zero-order valence-electron chi connectivity index (χ0n) is 27.2. The Morgan fingerprint density at radius 3 is 2.12 bits per heavy atom. The Kier molecular flexibility index (Phi) is 6.09. The van der Waals surface area contributed by atoms with Crippen molar-refractivity contribution in [2.24, 2.45) is 0 Å². The van der Waals surface area contributed by atoms with Crippen molar-refractivity contribution in [2.45, 2.75) is 0 Å². The maximum absolute atomic E-state index is 6.61. The minimum Gasteiger partial charge on any atom is -0.452 e. The van der Waals surface area contributed by atoms with Gasteiger partial charge in [-0.1, -0.05) is 115 Å². The first kappa shape index (κ1) is 28.3. The lowest BCUT2D eigenvalue weighted by atomic mass is 10.0. The summed E-state index contributed by atoms with van der Waals surface area (Å²) >= 11 is 1.80. The number of aromatic nitrogens is 3. The van der Waals surface area contributed by atoms with E-state index in [1.54, 1.807) is 11.3 Å². The Morgan fingerprint density at radius 1 is 0.510 bits per heavy atom. The first-order valence-electron chi connectivity index (χ1n) is 17.1. The molecule has 0 bridgehead atoms. The lowest BCUT2D eigenvalue weighted by Gasteiger charge is -2.10. The van der Waals surface area contributed by atoms with Crippen molar-refractivity contribution in [2.75, 3.05) is 0 Å². The van der Waals surface area contributed by atoms with Crippen molar-refractivity contribution in [3.05, 3.63) is 164 Å². The molecule has 0 aliphatic rings. The average molecular weight is 670 g/mol. The molecule has 0 N–H and O–H groups in total. The van der Waals surface area contributed by atoms with Gasteiger partial charge in [0.05, 0.1) is 11.0 Å². The molecule has 11 aromatic rings. The number of thiophene rings is 1. The molecule has 7 aromatic carbocycles. The van der Waals surface area contributed by atoms with Crippen LogP contribution in [0.4, 0.5) is 0 Å². The third-order valence-corrected chi connectivity index (χ3v) is 11.3. The molecule has 4 heterocycles.